The van der Waals surface area contributed by atoms with Gasteiger partial charge in [-0.05, 0) is 90.8 Å². The lowest BCUT2D eigenvalue weighted by Crippen LogP contribution is -2.39. The quantitative estimate of drug-likeness (QED) is 0.120. The smallest absolute Gasteiger partial charge is 0.343 e. The summed E-state index contributed by atoms with van der Waals surface area (Å²) in [4.78, 5) is 36.4. The van der Waals surface area contributed by atoms with Gasteiger partial charge in [-0.1, -0.05) is 44.7 Å². The summed E-state index contributed by atoms with van der Waals surface area (Å²) in [5, 5.41) is 12.9. The summed E-state index contributed by atoms with van der Waals surface area (Å²) in [5.41, 5.74) is 1.15. The first-order chi connectivity index (χ1) is 16.9. The van der Waals surface area contributed by atoms with Crippen LogP contribution in [0.4, 0.5) is 0 Å². The van der Waals surface area contributed by atoms with Crippen molar-refractivity contribution in [2.45, 2.75) is 117 Å². The molecule has 1 amide bonds. The number of benzene rings is 1. The number of ether oxygens (including phenoxy) is 1. The molecule has 6 nitrogen and oxygen atoms in total. The number of amides is 1. The Labute approximate surface area is 217 Å². The minimum Gasteiger partial charge on any atom is -0.428 e. The third-order valence-corrected chi connectivity index (χ3v) is 6.10. The zero-order valence-electron chi connectivity index (χ0n) is 23.2. The van der Waals surface area contributed by atoms with Gasteiger partial charge in [0.25, 0.3) is 0 Å². The van der Waals surface area contributed by atoms with Crippen molar-refractivity contribution in [1.29, 1.82) is 0 Å². The number of aliphatic hydroxyl groups excluding tert-OH is 1. The normalized spacial score (nSPS) is 13.7. The van der Waals surface area contributed by atoms with E-state index in [2.05, 4.69) is 12.2 Å². The fraction of sp³-hybridized carbons (Fsp3) is 0.633. The summed E-state index contributed by atoms with van der Waals surface area (Å²) in [6.07, 6.45) is 10.2. The first-order valence-electron chi connectivity index (χ1n) is 13.4. The van der Waals surface area contributed by atoms with Crippen LogP contribution in [-0.2, 0) is 20.7 Å². The number of aryl methyl sites for hydroxylation is 1. The van der Waals surface area contributed by atoms with Crippen LogP contribution in [-0.4, -0.2) is 34.4 Å². The lowest BCUT2D eigenvalue weighted by atomic mass is 9.90. The van der Waals surface area contributed by atoms with Gasteiger partial charge >= 0.3 is 5.97 Å². The van der Waals surface area contributed by atoms with E-state index in [-0.39, 0.29) is 35.0 Å². The molecule has 36 heavy (non-hydrogen) atoms. The van der Waals surface area contributed by atoms with E-state index >= 15 is 0 Å². The number of carbonyl (C=O) groups is 3. The monoisotopic (exact) mass is 501 g/mol. The average molecular weight is 502 g/mol. The highest BCUT2D eigenvalue weighted by Gasteiger charge is 2.16. The second-order valence-electron chi connectivity index (χ2n) is 10.9. The largest absolute Gasteiger partial charge is 0.428 e. The number of hydrogen-bond donors (Lipinski definition) is 2. The van der Waals surface area contributed by atoms with E-state index < -0.39 is 5.97 Å². The maximum absolute atomic E-state index is 12.4. The molecular weight excluding hydrogens is 454 g/mol. The number of aliphatic hydroxyl groups is 1. The van der Waals surface area contributed by atoms with Gasteiger partial charge in [0.05, 0.1) is 11.7 Å². The summed E-state index contributed by atoms with van der Waals surface area (Å²) in [6, 6.07) is 7.25. The maximum Gasteiger partial charge on any atom is 0.343 e. The number of rotatable bonds is 16. The summed E-state index contributed by atoms with van der Waals surface area (Å²) < 4.78 is 5.29. The van der Waals surface area contributed by atoms with Gasteiger partial charge < -0.3 is 15.2 Å². The molecule has 0 bridgehead atoms. The first-order valence-corrected chi connectivity index (χ1v) is 13.4. The molecule has 2 unspecified atom stereocenters. The summed E-state index contributed by atoms with van der Waals surface area (Å²) in [7, 11) is 0. The zero-order chi connectivity index (χ0) is 27.1. The predicted octanol–water partition coefficient (Wildman–Crippen LogP) is 6.30. The Bertz CT molecular complexity index is 851. The van der Waals surface area contributed by atoms with Crippen LogP contribution in [0.2, 0.25) is 0 Å². The highest BCUT2D eigenvalue weighted by atomic mass is 16.5. The van der Waals surface area contributed by atoms with Crippen molar-refractivity contribution in [3.8, 4) is 0 Å². The van der Waals surface area contributed by atoms with Gasteiger partial charge in [-0.25, -0.2) is 4.79 Å². The lowest BCUT2D eigenvalue weighted by molar-refractivity contribution is -0.121. The molecule has 1 aromatic carbocycles. The molecule has 0 saturated heterocycles. The topological polar surface area (TPSA) is 92.7 Å². The number of Topliss-reactive ketones (excluding diaryl/α,β-unsaturated/α-hetero) is 1. The molecule has 0 saturated carbocycles. The fourth-order valence-corrected chi connectivity index (χ4v) is 4.11. The van der Waals surface area contributed by atoms with Crippen LogP contribution < -0.4 is 5.32 Å². The number of unbranched alkanes of at least 4 members (excludes halogenated alkanes) is 2. The molecule has 0 aliphatic carbocycles. The Morgan fingerprint density at radius 2 is 1.56 bits per heavy atom. The van der Waals surface area contributed by atoms with Crippen molar-refractivity contribution in [3.05, 3.63) is 47.2 Å². The van der Waals surface area contributed by atoms with E-state index in [0.29, 0.717) is 5.56 Å². The van der Waals surface area contributed by atoms with Crippen LogP contribution in [0.5, 0.6) is 0 Å². The highest BCUT2D eigenvalue weighted by Crippen LogP contribution is 2.20. The number of ketones is 1. The highest BCUT2D eigenvalue weighted by molar-refractivity contribution is 5.92. The van der Waals surface area contributed by atoms with Gasteiger partial charge in [-0.3, -0.25) is 9.59 Å². The van der Waals surface area contributed by atoms with E-state index in [0.717, 1.165) is 69.8 Å². The zero-order valence-corrected chi connectivity index (χ0v) is 23.2. The maximum atomic E-state index is 12.4. The van der Waals surface area contributed by atoms with Crippen molar-refractivity contribution in [1.82, 2.24) is 5.32 Å². The van der Waals surface area contributed by atoms with Crippen molar-refractivity contribution >= 4 is 17.7 Å². The van der Waals surface area contributed by atoms with Crippen LogP contribution in [0.3, 0.4) is 0 Å². The molecular formula is C30H47NO5. The van der Waals surface area contributed by atoms with E-state index in [1.807, 2.05) is 32.9 Å². The van der Waals surface area contributed by atoms with Gasteiger partial charge in [0.2, 0.25) is 5.91 Å². The molecule has 0 radical (unpaired) electrons. The number of hydrogen-bond acceptors (Lipinski definition) is 5. The Morgan fingerprint density at radius 3 is 2.14 bits per heavy atom. The van der Waals surface area contributed by atoms with E-state index in [1.54, 1.807) is 26.0 Å². The first kappa shape index (κ1) is 31.6. The second kappa shape index (κ2) is 16.3. The Kier molecular flexibility index (Phi) is 14.3. The van der Waals surface area contributed by atoms with Crippen molar-refractivity contribution in [3.63, 3.8) is 0 Å². The second-order valence-corrected chi connectivity index (χ2v) is 10.9. The van der Waals surface area contributed by atoms with Crippen LogP contribution in [0.1, 0.15) is 115 Å². The van der Waals surface area contributed by atoms with Gasteiger partial charge in [-0.15, -0.1) is 0 Å². The van der Waals surface area contributed by atoms with E-state index in [1.165, 1.54) is 6.08 Å². The minimum atomic E-state index is -0.507. The molecule has 1 aromatic rings. The Balaban J connectivity index is 2.47. The number of esters is 1. The molecule has 2 atom stereocenters. The van der Waals surface area contributed by atoms with Gasteiger partial charge in [0, 0.05) is 17.5 Å². The molecule has 0 spiro atoms. The van der Waals surface area contributed by atoms with Crippen LogP contribution in [0.15, 0.2) is 36.1 Å². The molecule has 202 valence electrons. The van der Waals surface area contributed by atoms with E-state index in [4.69, 9.17) is 4.74 Å². The van der Waals surface area contributed by atoms with Crippen molar-refractivity contribution in [2.75, 3.05) is 0 Å². The van der Waals surface area contributed by atoms with Gasteiger partial charge in [0.15, 0.2) is 0 Å². The standard InChI is InChI=1S/C30H47NO5/c1-7-8-9-15-27(33)16-11-14-25(23(3)32)13-10-12-24-17-19-26(20-18-24)29(35)36-22(2)21-28(34)31-30(4,5)6/h17-21,25,27,33H,7-16H2,1-6H3,(H,31,34). The average Bonchev–Trinajstić information content (AvgIpc) is 2.77. The van der Waals surface area contributed by atoms with Crippen LogP contribution in [0, 0.1) is 5.92 Å². The lowest BCUT2D eigenvalue weighted by Gasteiger charge is -2.19. The molecule has 0 aliphatic heterocycles. The Hall–Kier alpha value is -2.47. The molecule has 2 N–H and O–H groups in total. The van der Waals surface area contributed by atoms with Crippen molar-refractivity contribution in [2.24, 2.45) is 5.92 Å². The minimum absolute atomic E-state index is 0.0346. The third-order valence-electron chi connectivity index (χ3n) is 6.10. The van der Waals surface area contributed by atoms with Crippen molar-refractivity contribution < 1.29 is 24.2 Å². The third kappa shape index (κ3) is 14.2. The van der Waals surface area contributed by atoms with Crippen LogP contribution in [0.25, 0.3) is 0 Å². The van der Waals surface area contributed by atoms with Crippen LogP contribution >= 0.6 is 0 Å². The van der Waals surface area contributed by atoms with Gasteiger partial charge in [0.1, 0.15) is 11.5 Å². The van der Waals surface area contributed by atoms with Gasteiger partial charge in [-0.2, -0.15) is 0 Å². The summed E-state index contributed by atoms with van der Waals surface area (Å²) in [6.45, 7) is 11.0. The molecule has 6 heteroatoms. The summed E-state index contributed by atoms with van der Waals surface area (Å²) >= 11 is 0. The Morgan fingerprint density at radius 1 is 0.944 bits per heavy atom. The molecule has 0 heterocycles. The number of nitrogens with one attached hydrogen (secondary N) is 1. The summed E-state index contributed by atoms with van der Waals surface area (Å²) in [5.74, 6) is -0.336. The van der Waals surface area contributed by atoms with E-state index in [9.17, 15) is 19.5 Å². The SMILES string of the molecule is CCCCCC(O)CCCC(CCCc1ccc(C(=O)OC(C)=CC(=O)NC(C)(C)C)cc1)C(C)=O. The number of allylic oxidation sites excluding steroid dienone is 1. The fourth-order valence-electron chi connectivity index (χ4n) is 4.11. The molecule has 0 aliphatic rings. The number of carbonyl (C=O) groups excluding carboxylic acids is 3. The molecule has 0 fully saturated rings. The predicted molar refractivity (Wildman–Crippen MR) is 145 cm³/mol. The molecule has 0 aromatic heterocycles. The molecule has 1 rings (SSSR count).